The van der Waals surface area contributed by atoms with Gasteiger partial charge in [-0.15, -0.1) is 0 Å². The zero-order chi connectivity index (χ0) is 18.4. The average Bonchev–Trinajstić information content (AvgIpc) is 2.62. The van der Waals surface area contributed by atoms with Crippen LogP contribution < -0.4 is 10.6 Å². The molecule has 1 aromatic heterocycles. The molecule has 4 nitrogen and oxygen atoms in total. The maximum Gasteiger partial charge on any atom is 0.225 e. The number of nitrogens with one attached hydrogen (secondary N) is 2. The Morgan fingerprint density at radius 2 is 1.50 bits per heavy atom. The minimum Gasteiger partial charge on any atom is -0.370 e. The highest BCUT2D eigenvalue weighted by atomic mass is 15.2. The molecule has 0 unspecified atom stereocenters. The molecule has 0 aliphatic heterocycles. The lowest BCUT2D eigenvalue weighted by Gasteiger charge is -2.21. The van der Waals surface area contributed by atoms with Crippen LogP contribution in [0.1, 0.15) is 26.3 Å². The Kier molecular flexibility index (Phi) is 5.52. The van der Waals surface area contributed by atoms with Crippen LogP contribution in [0.15, 0.2) is 66.7 Å². The molecule has 0 atom stereocenters. The minimum atomic E-state index is -0.101. The van der Waals surface area contributed by atoms with Crippen LogP contribution in [0.3, 0.4) is 0 Å². The van der Waals surface area contributed by atoms with E-state index in [-0.39, 0.29) is 5.54 Å². The molecule has 0 radical (unpaired) electrons. The molecule has 0 bridgehead atoms. The summed E-state index contributed by atoms with van der Waals surface area (Å²) >= 11 is 0. The van der Waals surface area contributed by atoms with Gasteiger partial charge in [0.05, 0.1) is 5.69 Å². The largest absolute Gasteiger partial charge is 0.370 e. The smallest absolute Gasteiger partial charge is 0.225 e. The Balaban J connectivity index is 1.80. The minimum absolute atomic E-state index is 0.101. The summed E-state index contributed by atoms with van der Waals surface area (Å²) in [5, 5.41) is 6.82. The van der Waals surface area contributed by atoms with Crippen molar-refractivity contribution in [3.8, 4) is 11.3 Å². The second-order valence-electron chi connectivity index (χ2n) is 7.37. The van der Waals surface area contributed by atoms with Crippen molar-refractivity contribution in [3.63, 3.8) is 0 Å². The zero-order valence-corrected chi connectivity index (χ0v) is 15.7. The van der Waals surface area contributed by atoms with Gasteiger partial charge in [-0.1, -0.05) is 60.7 Å². The number of anilines is 2. The van der Waals surface area contributed by atoms with Crippen molar-refractivity contribution in [2.45, 2.75) is 32.7 Å². The second kappa shape index (κ2) is 8.00. The number of aromatic nitrogens is 2. The molecule has 4 heteroatoms. The summed E-state index contributed by atoms with van der Waals surface area (Å²) in [4.78, 5) is 9.34. The molecule has 3 aromatic rings. The van der Waals surface area contributed by atoms with E-state index in [0.29, 0.717) is 5.95 Å². The van der Waals surface area contributed by atoms with E-state index in [1.807, 2.05) is 30.3 Å². The fraction of sp³-hybridized carbons (Fsp3) is 0.273. The summed E-state index contributed by atoms with van der Waals surface area (Å²) in [5.41, 5.74) is 3.20. The molecule has 134 valence electrons. The van der Waals surface area contributed by atoms with Crippen LogP contribution in [0.25, 0.3) is 11.3 Å². The quantitative estimate of drug-likeness (QED) is 0.659. The predicted molar refractivity (Wildman–Crippen MR) is 109 cm³/mol. The van der Waals surface area contributed by atoms with E-state index < -0.39 is 0 Å². The summed E-state index contributed by atoms with van der Waals surface area (Å²) in [6.07, 6.45) is 0.952. The first-order chi connectivity index (χ1) is 12.5. The summed E-state index contributed by atoms with van der Waals surface area (Å²) in [5.74, 6) is 1.47. The number of hydrogen-bond donors (Lipinski definition) is 2. The van der Waals surface area contributed by atoms with E-state index in [1.165, 1.54) is 5.56 Å². The van der Waals surface area contributed by atoms with Crippen LogP contribution in [0.2, 0.25) is 0 Å². The van der Waals surface area contributed by atoms with Crippen molar-refractivity contribution in [1.29, 1.82) is 0 Å². The zero-order valence-electron chi connectivity index (χ0n) is 15.7. The number of rotatable bonds is 6. The van der Waals surface area contributed by atoms with Crippen LogP contribution >= 0.6 is 0 Å². The first-order valence-electron chi connectivity index (χ1n) is 9.00. The maximum atomic E-state index is 4.69. The van der Waals surface area contributed by atoms with E-state index in [4.69, 9.17) is 4.98 Å². The predicted octanol–water partition coefficient (Wildman–Crippen LogP) is 5.01. The molecule has 26 heavy (non-hydrogen) atoms. The second-order valence-corrected chi connectivity index (χ2v) is 7.37. The van der Waals surface area contributed by atoms with E-state index in [1.54, 1.807) is 0 Å². The first kappa shape index (κ1) is 17.9. The Morgan fingerprint density at radius 1 is 0.846 bits per heavy atom. The van der Waals surface area contributed by atoms with Crippen molar-refractivity contribution < 1.29 is 0 Å². The molecule has 0 saturated heterocycles. The van der Waals surface area contributed by atoms with Crippen LogP contribution in [-0.4, -0.2) is 22.1 Å². The fourth-order valence-electron chi connectivity index (χ4n) is 2.67. The molecule has 0 amide bonds. The number of nitrogens with zero attached hydrogens (tertiary/aromatic N) is 2. The molecule has 1 heterocycles. The molecule has 0 fully saturated rings. The fourth-order valence-corrected chi connectivity index (χ4v) is 2.67. The normalized spacial score (nSPS) is 11.2. The maximum absolute atomic E-state index is 4.69. The molecule has 2 N–H and O–H groups in total. The van der Waals surface area contributed by atoms with Crippen molar-refractivity contribution in [2.75, 3.05) is 17.2 Å². The molecular weight excluding hydrogens is 320 g/mol. The third-order valence-corrected chi connectivity index (χ3v) is 3.85. The SMILES string of the molecule is CC(C)(C)Nc1nc(NCCc2ccccc2)cc(-c2ccccc2)n1. The van der Waals surface area contributed by atoms with E-state index in [9.17, 15) is 0 Å². The third-order valence-electron chi connectivity index (χ3n) is 3.85. The molecular formula is C22H26N4. The summed E-state index contributed by atoms with van der Waals surface area (Å²) in [6, 6.07) is 22.7. The standard InChI is InChI=1S/C22H26N4/c1-22(2,3)26-21-24-19(18-12-8-5-9-13-18)16-20(25-21)23-15-14-17-10-6-4-7-11-17/h4-13,16H,14-15H2,1-3H3,(H2,23,24,25,26). The van der Waals surface area contributed by atoms with Crippen molar-refractivity contribution >= 4 is 11.8 Å². The van der Waals surface area contributed by atoms with Gasteiger partial charge in [0.25, 0.3) is 0 Å². The van der Waals surface area contributed by atoms with Gasteiger partial charge in [0.2, 0.25) is 5.95 Å². The van der Waals surface area contributed by atoms with Gasteiger partial charge in [0, 0.05) is 23.7 Å². The van der Waals surface area contributed by atoms with Gasteiger partial charge < -0.3 is 10.6 Å². The Hall–Kier alpha value is -2.88. The highest BCUT2D eigenvalue weighted by Gasteiger charge is 2.13. The van der Waals surface area contributed by atoms with Gasteiger partial charge >= 0.3 is 0 Å². The highest BCUT2D eigenvalue weighted by molar-refractivity contribution is 5.64. The molecule has 0 aliphatic rings. The van der Waals surface area contributed by atoms with Gasteiger partial charge in [0.15, 0.2) is 0 Å². The summed E-state index contributed by atoms with van der Waals surface area (Å²) in [7, 11) is 0. The summed E-state index contributed by atoms with van der Waals surface area (Å²) < 4.78 is 0. The Labute approximate surface area is 155 Å². The van der Waals surface area contributed by atoms with Crippen LogP contribution in [-0.2, 0) is 6.42 Å². The summed E-state index contributed by atoms with van der Waals surface area (Å²) in [6.45, 7) is 7.14. The molecule has 0 aliphatic carbocycles. The Bertz CT molecular complexity index is 824. The van der Waals surface area contributed by atoms with E-state index in [0.717, 1.165) is 30.0 Å². The van der Waals surface area contributed by atoms with Crippen LogP contribution in [0, 0.1) is 0 Å². The molecule has 3 rings (SSSR count). The lowest BCUT2D eigenvalue weighted by Crippen LogP contribution is -2.27. The average molecular weight is 346 g/mol. The van der Waals surface area contributed by atoms with Crippen molar-refractivity contribution in [1.82, 2.24) is 9.97 Å². The number of hydrogen-bond acceptors (Lipinski definition) is 4. The van der Waals surface area contributed by atoms with E-state index >= 15 is 0 Å². The lowest BCUT2D eigenvalue weighted by atomic mass is 10.1. The van der Waals surface area contributed by atoms with E-state index in [2.05, 4.69) is 72.8 Å². The molecule has 0 saturated carbocycles. The van der Waals surface area contributed by atoms with Crippen molar-refractivity contribution in [2.24, 2.45) is 0 Å². The van der Waals surface area contributed by atoms with Gasteiger partial charge in [-0.3, -0.25) is 0 Å². The molecule has 2 aromatic carbocycles. The first-order valence-corrected chi connectivity index (χ1v) is 9.00. The van der Waals surface area contributed by atoms with Gasteiger partial charge in [-0.25, -0.2) is 4.98 Å². The monoisotopic (exact) mass is 346 g/mol. The van der Waals surface area contributed by atoms with Gasteiger partial charge in [-0.2, -0.15) is 4.98 Å². The van der Waals surface area contributed by atoms with Crippen LogP contribution in [0.5, 0.6) is 0 Å². The third kappa shape index (κ3) is 5.31. The topological polar surface area (TPSA) is 49.8 Å². The van der Waals surface area contributed by atoms with Crippen LogP contribution in [0.4, 0.5) is 11.8 Å². The lowest BCUT2D eigenvalue weighted by molar-refractivity contribution is 0.626. The van der Waals surface area contributed by atoms with Gasteiger partial charge in [-0.05, 0) is 32.8 Å². The molecule has 0 spiro atoms. The van der Waals surface area contributed by atoms with Gasteiger partial charge in [0.1, 0.15) is 5.82 Å². The van der Waals surface area contributed by atoms with Crippen molar-refractivity contribution in [3.05, 3.63) is 72.3 Å². The highest BCUT2D eigenvalue weighted by Crippen LogP contribution is 2.22. The number of benzene rings is 2. The Morgan fingerprint density at radius 3 is 2.15 bits per heavy atom.